The van der Waals surface area contributed by atoms with E-state index in [9.17, 15) is 4.79 Å². The molecule has 2 aromatic heterocycles. The van der Waals surface area contributed by atoms with Crippen molar-refractivity contribution in [2.45, 2.75) is 26.8 Å². The predicted molar refractivity (Wildman–Crippen MR) is 73.3 cm³/mol. The summed E-state index contributed by atoms with van der Waals surface area (Å²) >= 11 is 1.64. The lowest BCUT2D eigenvalue weighted by Gasteiger charge is -2.04. The summed E-state index contributed by atoms with van der Waals surface area (Å²) in [7, 11) is 1.31. The second-order valence-electron chi connectivity index (χ2n) is 4.04. The molecule has 2 heterocycles. The first-order valence-electron chi connectivity index (χ1n) is 5.91. The number of methoxy groups -OCH3 is 1. The molecule has 7 heteroatoms. The molecule has 0 aliphatic carbocycles. The fourth-order valence-electron chi connectivity index (χ4n) is 1.75. The standard InChI is InChI=1S/C12H16N4O2S/c1-4-8-5-14-9(19-8)6-16-7(2)15-10(11(16)13)12(17)18-3/h5H,4,6,13H2,1-3H3. The van der Waals surface area contributed by atoms with Crippen molar-refractivity contribution in [3.63, 3.8) is 0 Å². The molecule has 0 aliphatic heterocycles. The number of hydrogen-bond donors (Lipinski definition) is 1. The van der Waals surface area contributed by atoms with E-state index in [1.807, 2.05) is 6.20 Å². The number of nitrogens with zero attached hydrogens (tertiary/aromatic N) is 3. The van der Waals surface area contributed by atoms with Crippen LogP contribution in [0.4, 0.5) is 5.82 Å². The van der Waals surface area contributed by atoms with E-state index in [0.29, 0.717) is 18.2 Å². The van der Waals surface area contributed by atoms with Crippen molar-refractivity contribution < 1.29 is 9.53 Å². The number of aryl methyl sites for hydroxylation is 2. The fraction of sp³-hybridized carbons (Fsp3) is 0.417. The van der Waals surface area contributed by atoms with Gasteiger partial charge in [0.25, 0.3) is 0 Å². The van der Waals surface area contributed by atoms with Gasteiger partial charge in [-0.2, -0.15) is 0 Å². The van der Waals surface area contributed by atoms with Gasteiger partial charge in [0.2, 0.25) is 0 Å². The molecule has 6 nitrogen and oxygen atoms in total. The van der Waals surface area contributed by atoms with Gasteiger partial charge in [0, 0.05) is 11.1 Å². The van der Waals surface area contributed by atoms with Gasteiger partial charge in [-0.1, -0.05) is 6.92 Å². The van der Waals surface area contributed by atoms with Crippen molar-refractivity contribution in [3.05, 3.63) is 27.6 Å². The van der Waals surface area contributed by atoms with Gasteiger partial charge in [-0.3, -0.25) is 0 Å². The van der Waals surface area contributed by atoms with Crippen LogP contribution in [0.15, 0.2) is 6.20 Å². The summed E-state index contributed by atoms with van der Waals surface area (Å²) < 4.78 is 6.42. The van der Waals surface area contributed by atoms with Crippen molar-refractivity contribution in [2.24, 2.45) is 0 Å². The maximum Gasteiger partial charge on any atom is 0.360 e. The third-order valence-corrected chi connectivity index (χ3v) is 3.95. The highest BCUT2D eigenvalue weighted by atomic mass is 32.1. The fourth-order valence-corrected chi connectivity index (χ4v) is 2.60. The minimum atomic E-state index is -0.521. The van der Waals surface area contributed by atoms with Gasteiger partial charge >= 0.3 is 5.97 Å². The third-order valence-electron chi connectivity index (χ3n) is 2.82. The number of nitrogens with two attached hydrogens (primary N) is 1. The molecule has 0 amide bonds. The zero-order valence-electron chi connectivity index (χ0n) is 11.1. The van der Waals surface area contributed by atoms with E-state index in [0.717, 1.165) is 11.4 Å². The molecule has 2 rings (SSSR count). The van der Waals surface area contributed by atoms with Crippen molar-refractivity contribution in [1.82, 2.24) is 14.5 Å². The van der Waals surface area contributed by atoms with E-state index in [1.165, 1.54) is 12.0 Å². The Kier molecular flexibility index (Phi) is 3.84. The van der Waals surface area contributed by atoms with Gasteiger partial charge in [0.05, 0.1) is 13.7 Å². The Labute approximate surface area is 115 Å². The molecule has 0 aliphatic rings. The van der Waals surface area contributed by atoms with E-state index in [1.54, 1.807) is 22.8 Å². The van der Waals surface area contributed by atoms with Crippen LogP contribution in [0.25, 0.3) is 0 Å². The summed E-state index contributed by atoms with van der Waals surface area (Å²) in [6, 6.07) is 0. The van der Waals surface area contributed by atoms with E-state index in [-0.39, 0.29) is 5.69 Å². The van der Waals surface area contributed by atoms with Gasteiger partial charge in [-0.05, 0) is 13.3 Å². The zero-order valence-corrected chi connectivity index (χ0v) is 12.0. The SMILES string of the molecule is CCc1cnc(Cn2c(C)nc(C(=O)OC)c2N)s1. The van der Waals surface area contributed by atoms with E-state index in [4.69, 9.17) is 5.73 Å². The average molecular weight is 280 g/mol. The number of anilines is 1. The molecular formula is C12H16N4O2S. The first kappa shape index (κ1) is 13.5. The van der Waals surface area contributed by atoms with Gasteiger partial charge in [0.1, 0.15) is 16.6 Å². The Morgan fingerprint density at radius 1 is 1.58 bits per heavy atom. The smallest absolute Gasteiger partial charge is 0.360 e. The average Bonchev–Trinajstić information content (AvgIpc) is 2.97. The number of imidazole rings is 1. The quantitative estimate of drug-likeness (QED) is 0.861. The summed E-state index contributed by atoms with van der Waals surface area (Å²) in [5.74, 6) is 0.469. The molecule has 2 N–H and O–H groups in total. The topological polar surface area (TPSA) is 83.0 Å². The number of ether oxygens (including phenoxy) is 1. The Bertz CT molecular complexity index is 603. The second kappa shape index (κ2) is 5.40. The van der Waals surface area contributed by atoms with Gasteiger partial charge in [0.15, 0.2) is 5.69 Å². The highest BCUT2D eigenvalue weighted by Crippen LogP contribution is 2.20. The number of rotatable bonds is 4. The molecule has 0 atom stereocenters. The van der Waals surface area contributed by atoms with Crippen LogP contribution in [0.1, 0.15) is 33.1 Å². The summed E-state index contributed by atoms with van der Waals surface area (Å²) in [5.41, 5.74) is 6.10. The molecule has 0 unspecified atom stereocenters. The molecule has 0 bridgehead atoms. The monoisotopic (exact) mass is 280 g/mol. The summed E-state index contributed by atoms with van der Waals surface area (Å²) in [5, 5.41) is 0.945. The van der Waals surface area contributed by atoms with Crippen LogP contribution in [-0.4, -0.2) is 27.6 Å². The highest BCUT2D eigenvalue weighted by molar-refractivity contribution is 7.11. The number of esters is 1. The van der Waals surface area contributed by atoms with Crippen LogP contribution in [-0.2, 0) is 17.7 Å². The van der Waals surface area contributed by atoms with Crippen LogP contribution in [0.2, 0.25) is 0 Å². The Hall–Kier alpha value is -1.89. The normalized spacial score (nSPS) is 10.7. The molecule has 0 saturated heterocycles. The van der Waals surface area contributed by atoms with Gasteiger partial charge < -0.3 is 15.0 Å². The second-order valence-corrected chi connectivity index (χ2v) is 5.24. The molecule has 0 fully saturated rings. The number of thiazole rings is 1. The number of hydrogen-bond acceptors (Lipinski definition) is 6. The molecule has 0 radical (unpaired) electrons. The largest absolute Gasteiger partial charge is 0.464 e. The van der Waals surface area contributed by atoms with Gasteiger partial charge in [-0.15, -0.1) is 11.3 Å². The van der Waals surface area contributed by atoms with Crippen LogP contribution in [0, 0.1) is 6.92 Å². The molecule has 0 spiro atoms. The Balaban J connectivity index is 2.30. The summed E-state index contributed by atoms with van der Waals surface area (Å²) in [6.07, 6.45) is 2.83. The summed E-state index contributed by atoms with van der Waals surface area (Å²) in [6.45, 7) is 4.41. The maximum atomic E-state index is 11.5. The molecular weight excluding hydrogens is 264 g/mol. The van der Waals surface area contributed by atoms with Crippen molar-refractivity contribution in [1.29, 1.82) is 0 Å². The van der Waals surface area contributed by atoms with E-state index >= 15 is 0 Å². The molecule has 19 heavy (non-hydrogen) atoms. The number of aromatic nitrogens is 3. The Morgan fingerprint density at radius 3 is 2.89 bits per heavy atom. The van der Waals surface area contributed by atoms with Crippen molar-refractivity contribution >= 4 is 23.1 Å². The van der Waals surface area contributed by atoms with Crippen LogP contribution >= 0.6 is 11.3 Å². The molecule has 0 saturated carbocycles. The lowest BCUT2D eigenvalue weighted by atomic mass is 10.4. The molecule has 2 aromatic rings. The number of nitrogen functional groups attached to an aromatic ring is 1. The first-order chi connectivity index (χ1) is 9.06. The maximum absolute atomic E-state index is 11.5. The van der Waals surface area contributed by atoms with Crippen LogP contribution in [0.5, 0.6) is 0 Å². The van der Waals surface area contributed by atoms with Crippen molar-refractivity contribution in [2.75, 3.05) is 12.8 Å². The van der Waals surface area contributed by atoms with Crippen LogP contribution < -0.4 is 5.73 Å². The lowest BCUT2D eigenvalue weighted by Crippen LogP contribution is -2.09. The minimum Gasteiger partial charge on any atom is -0.464 e. The van der Waals surface area contributed by atoms with Crippen LogP contribution in [0.3, 0.4) is 0 Å². The molecule has 0 aromatic carbocycles. The first-order valence-corrected chi connectivity index (χ1v) is 6.73. The number of carbonyl (C=O) groups excluding carboxylic acids is 1. The van der Waals surface area contributed by atoms with E-state index in [2.05, 4.69) is 21.6 Å². The minimum absolute atomic E-state index is 0.160. The zero-order chi connectivity index (χ0) is 14.0. The molecule has 102 valence electrons. The highest BCUT2D eigenvalue weighted by Gasteiger charge is 2.19. The van der Waals surface area contributed by atoms with Crippen molar-refractivity contribution in [3.8, 4) is 0 Å². The predicted octanol–water partition coefficient (Wildman–Crippen LogP) is 1.63. The number of carbonyl (C=O) groups is 1. The third kappa shape index (κ3) is 2.60. The lowest BCUT2D eigenvalue weighted by molar-refractivity contribution is 0.0595. The summed E-state index contributed by atoms with van der Waals surface area (Å²) in [4.78, 5) is 21.2. The van der Waals surface area contributed by atoms with Gasteiger partial charge in [-0.25, -0.2) is 14.8 Å². The Morgan fingerprint density at radius 2 is 2.32 bits per heavy atom. The van der Waals surface area contributed by atoms with E-state index < -0.39 is 5.97 Å².